The molecule has 0 N–H and O–H groups in total. The Bertz CT molecular complexity index is 1890. The number of hydrogen-bond donors (Lipinski definition) is 0. The second kappa shape index (κ2) is 11.0. The summed E-state index contributed by atoms with van der Waals surface area (Å²) in [5.41, 5.74) is -1.08. The van der Waals surface area contributed by atoms with Crippen LogP contribution in [0.1, 0.15) is 17.2 Å². The van der Waals surface area contributed by atoms with Gasteiger partial charge in [0.15, 0.2) is 23.4 Å². The number of hydrogen-bond acceptors (Lipinski definition) is 21. The number of benzene rings is 2. The lowest BCUT2D eigenvalue weighted by Gasteiger charge is -2.35. The Morgan fingerprint density at radius 1 is 0.610 bits per heavy atom. The van der Waals surface area contributed by atoms with Crippen molar-refractivity contribution in [3.63, 3.8) is 0 Å². The van der Waals surface area contributed by atoms with Gasteiger partial charge < -0.3 is 44.2 Å². The van der Waals surface area contributed by atoms with Gasteiger partial charge in [0.25, 0.3) is 41.6 Å². The summed E-state index contributed by atoms with van der Waals surface area (Å²) in [6, 6.07) is 2.74. The summed E-state index contributed by atoms with van der Waals surface area (Å²) >= 11 is 0. The predicted molar refractivity (Wildman–Crippen MR) is 116 cm³/mol. The number of ether oxygens (including phenoxy) is 1. The molecule has 0 aliphatic carbocycles. The van der Waals surface area contributed by atoms with Gasteiger partial charge in [-0.1, -0.05) is 6.07 Å². The van der Waals surface area contributed by atoms with Crippen LogP contribution in [0.2, 0.25) is 0 Å². The van der Waals surface area contributed by atoms with Gasteiger partial charge in [-0.05, 0) is 17.7 Å². The molecule has 0 fully saturated rings. The molecule has 1 aliphatic rings. The summed E-state index contributed by atoms with van der Waals surface area (Å²) in [5, 5.41) is 0. The van der Waals surface area contributed by atoms with Crippen LogP contribution in [0.4, 0.5) is 0 Å². The van der Waals surface area contributed by atoms with E-state index in [1.807, 2.05) is 0 Å². The molecule has 3 rings (SSSR count). The quantitative estimate of drug-likeness (QED) is 0.175. The summed E-state index contributed by atoms with van der Waals surface area (Å²) in [6.45, 7) is 0. The smallest absolute Gasteiger partial charge is 0.262 e. The van der Waals surface area contributed by atoms with Crippen molar-refractivity contribution >= 4 is 52.0 Å². The van der Waals surface area contributed by atoms with Crippen LogP contribution in [0, 0.1) is 0 Å². The van der Waals surface area contributed by atoms with E-state index in [4.69, 9.17) is 4.74 Å². The molecule has 0 aromatic heterocycles. The fourth-order valence-corrected chi connectivity index (χ4v) is 5.23. The molecule has 0 saturated carbocycles. The van der Waals surface area contributed by atoms with Crippen molar-refractivity contribution in [2.75, 3.05) is 0 Å². The largest absolute Gasteiger partial charge is 0.726 e. The van der Waals surface area contributed by atoms with Gasteiger partial charge in [-0.3, -0.25) is 4.18 Å². The molecule has 0 unspecified atom stereocenters. The molecule has 21 nitrogen and oxygen atoms in total. The molecular weight excluding hydrogens is 676 g/mol. The van der Waals surface area contributed by atoms with E-state index in [2.05, 4.69) is 20.9 Å². The molecule has 0 saturated heterocycles. The van der Waals surface area contributed by atoms with Crippen molar-refractivity contribution in [2.45, 2.75) is 18.6 Å². The van der Waals surface area contributed by atoms with E-state index >= 15 is 0 Å². The molecule has 1 heterocycles. The minimum absolute atomic E-state index is 0.400. The molecule has 0 amide bonds. The molecule has 2 atom stereocenters. The van der Waals surface area contributed by atoms with E-state index in [-0.39, 0.29) is 0 Å². The molecule has 2 aromatic carbocycles. The van der Waals surface area contributed by atoms with E-state index in [1.54, 1.807) is 0 Å². The summed E-state index contributed by atoms with van der Waals surface area (Å²) in [7, 11) is -28.1. The van der Waals surface area contributed by atoms with Crippen molar-refractivity contribution in [2.24, 2.45) is 0 Å². The maximum atomic E-state index is 11.4. The first kappa shape index (κ1) is 32.5. The number of fused-ring (bicyclic) bond motifs is 1. The third-order valence-corrected chi connectivity index (χ3v) is 6.48. The highest BCUT2D eigenvalue weighted by atomic mass is 32.3. The highest BCUT2D eigenvalue weighted by molar-refractivity contribution is 7.82. The van der Waals surface area contributed by atoms with E-state index in [0.717, 1.165) is 6.07 Å². The standard InChI is InChI=1S/C15H14O21S5/c16-37(17,18)32-8-4-11-9(12(5-8)34-39(22,23)24)6-14(36-41(28,29)30)15(31-11)7-1-2-10(33-38(19,20)21)13(3-7)35-40(25,26)27/h1-5,14-15H,6H2,(H,16,17,18)(H,19,20,21)(H,22,23,24)(H,25,26,27)(H,28,29,30)/p-5/t14-,15+/m1/s1. The number of rotatable bonds is 11. The fourth-order valence-electron chi connectivity index (χ4n) is 3.35. The molecule has 26 heteroatoms. The Morgan fingerprint density at radius 3 is 1.63 bits per heavy atom. The lowest BCUT2D eigenvalue weighted by atomic mass is 9.94. The minimum atomic E-state index is -5.69. The summed E-state index contributed by atoms with van der Waals surface area (Å²) < 4.78 is 193. The fraction of sp³-hybridized carbons (Fsp3) is 0.200. The lowest BCUT2D eigenvalue weighted by molar-refractivity contribution is 0.0328. The zero-order chi connectivity index (χ0) is 31.2. The molecule has 1 aliphatic heterocycles. The maximum Gasteiger partial charge on any atom is 0.262 e. The van der Waals surface area contributed by atoms with Gasteiger partial charge in [-0.25, -0.2) is 42.1 Å². The van der Waals surface area contributed by atoms with Gasteiger partial charge in [0.2, 0.25) is 10.4 Å². The topological polar surface area (TPSA) is 341 Å². The second-order valence-electron chi connectivity index (χ2n) is 7.36. The van der Waals surface area contributed by atoms with E-state index < -0.39 is 110 Å². The predicted octanol–water partition coefficient (Wildman–Crippen LogP) is -2.44. The van der Waals surface area contributed by atoms with Crippen LogP contribution < -0.4 is 21.5 Å². The third kappa shape index (κ3) is 10.1. The van der Waals surface area contributed by atoms with Gasteiger partial charge in [0.1, 0.15) is 17.6 Å². The van der Waals surface area contributed by atoms with Crippen molar-refractivity contribution in [1.82, 2.24) is 0 Å². The van der Waals surface area contributed by atoms with Crippen LogP contribution in [0.15, 0.2) is 30.3 Å². The van der Waals surface area contributed by atoms with Crippen molar-refractivity contribution in [1.29, 1.82) is 0 Å². The zero-order valence-electron chi connectivity index (χ0n) is 18.9. The van der Waals surface area contributed by atoms with E-state index in [0.29, 0.717) is 24.3 Å². The Balaban J connectivity index is 2.23. The second-order valence-corrected chi connectivity index (χ2v) is 12.3. The molecule has 0 radical (unpaired) electrons. The molecular formula is C15H9O21S5-5. The Kier molecular flexibility index (Phi) is 8.69. The maximum absolute atomic E-state index is 11.4. The van der Waals surface area contributed by atoms with Crippen LogP contribution in [0.3, 0.4) is 0 Å². The van der Waals surface area contributed by atoms with Crippen LogP contribution >= 0.6 is 0 Å². The first-order chi connectivity index (χ1) is 18.4. The third-order valence-electron chi connectivity index (χ3n) is 4.45. The van der Waals surface area contributed by atoms with Gasteiger partial charge in [0.05, 0.1) is 0 Å². The molecule has 0 bridgehead atoms. The Morgan fingerprint density at radius 2 is 1.12 bits per heavy atom. The molecule has 2 aromatic rings. The van der Waals surface area contributed by atoms with Gasteiger partial charge in [0, 0.05) is 24.1 Å². The van der Waals surface area contributed by atoms with E-state index in [9.17, 15) is 64.9 Å². The Labute approximate surface area is 230 Å². The SMILES string of the molecule is O=S(=O)([O-])Oc1cc2c(c(OS(=O)(=O)[O-])c1)C[C@@H](OS(=O)(=O)[O-])[C@H](c1ccc(OS(=O)(=O)[O-])c(OS(=O)(=O)[O-])c1)O2. The zero-order valence-corrected chi connectivity index (χ0v) is 22.9. The van der Waals surface area contributed by atoms with Crippen molar-refractivity contribution in [3.8, 4) is 28.7 Å². The molecule has 230 valence electrons. The summed E-state index contributed by atoms with van der Waals surface area (Å²) in [5.74, 6) is -5.21. The van der Waals surface area contributed by atoms with Crippen LogP contribution in [-0.4, -0.2) is 71.0 Å². The van der Waals surface area contributed by atoms with Gasteiger partial charge >= 0.3 is 0 Å². The molecule has 41 heavy (non-hydrogen) atoms. The first-order valence-electron chi connectivity index (χ1n) is 9.60. The normalized spacial score (nSPS) is 18.1. The van der Waals surface area contributed by atoms with Gasteiger partial charge in [-0.15, -0.1) is 0 Å². The van der Waals surface area contributed by atoms with Gasteiger partial charge in [-0.2, -0.15) is 0 Å². The minimum Gasteiger partial charge on any atom is -0.726 e. The summed E-state index contributed by atoms with van der Waals surface area (Å²) in [4.78, 5) is 0. The lowest BCUT2D eigenvalue weighted by Crippen LogP contribution is -2.35. The van der Waals surface area contributed by atoms with Crippen LogP contribution in [-0.2, 0) is 62.6 Å². The monoisotopic (exact) mass is 685 g/mol. The van der Waals surface area contributed by atoms with Crippen LogP contribution in [0.25, 0.3) is 0 Å². The Hall–Kier alpha value is -3.05. The van der Waals surface area contributed by atoms with Crippen molar-refractivity contribution < 1.29 is 90.5 Å². The summed E-state index contributed by atoms with van der Waals surface area (Å²) in [6.07, 6.45) is -4.92. The average Bonchev–Trinajstić information content (AvgIpc) is 2.69. The van der Waals surface area contributed by atoms with Crippen LogP contribution in [0.5, 0.6) is 28.7 Å². The first-order valence-corrected chi connectivity index (χ1v) is 16.3. The highest BCUT2D eigenvalue weighted by Crippen LogP contribution is 2.45. The van der Waals surface area contributed by atoms with E-state index in [1.165, 1.54) is 0 Å². The van der Waals surface area contributed by atoms with Crippen molar-refractivity contribution in [3.05, 3.63) is 41.5 Å². The average molecular weight is 686 g/mol. The highest BCUT2D eigenvalue weighted by Gasteiger charge is 2.37. The molecule has 0 spiro atoms.